The molecule has 0 unspecified atom stereocenters. The molecule has 10 nitrogen and oxygen atoms in total. The first-order valence-corrected chi connectivity index (χ1v) is 8.09. The van der Waals surface area contributed by atoms with Crippen LogP contribution in [0, 0.1) is 0 Å². The molecule has 0 radical (unpaired) electrons. The molecular formula is C15H21FN2O8. The molecule has 1 fully saturated rings. The van der Waals surface area contributed by atoms with Crippen LogP contribution in [0.3, 0.4) is 0 Å². The topological polar surface area (TPSA) is 140 Å². The monoisotopic (exact) mass is 376 g/mol. The van der Waals surface area contributed by atoms with Gasteiger partial charge in [0, 0.05) is 12.3 Å². The summed E-state index contributed by atoms with van der Waals surface area (Å²) < 4.78 is 30.0. The molecule has 1 aromatic heterocycles. The lowest BCUT2D eigenvalue weighted by molar-refractivity contribution is -0.210. The lowest BCUT2D eigenvalue weighted by atomic mass is 10.1. The summed E-state index contributed by atoms with van der Waals surface area (Å²) in [7, 11) is 0. The van der Waals surface area contributed by atoms with Crippen molar-refractivity contribution < 1.29 is 33.6 Å². The van der Waals surface area contributed by atoms with Gasteiger partial charge >= 0.3 is 11.8 Å². The average Bonchev–Trinajstić information content (AvgIpc) is 2.83. The second-order valence-electron chi connectivity index (χ2n) is 5.84. The van der Waals surface area contributed by atoms with Crippen molar-refractivity contribution in [2.45, 2.75) is 57.1 Å². The van der Waals surface area contributed by atoms with Gasteiger partial charge in [-0.15, -0.1) is 0 Å². The highest BCUT2D eigenvalue weighted by Crippen LogP contribution is 2.37. The van der Waals surface area contributed by atoms with Gasteiger partial charge in [-0.3, -0.25) is 14.3 Å². The van der Waals surface area contributed by atoms with Crippen LogP contribution in [-0.4, -0.2) is 56.7 Å². The molecule has 146 valence electrons. The SMILES string of the molecule is CCC(CC)OC(=O)OC[C@@]1(F)O[C@@H](n2ccc(=O)[nH]c2=O)[C@H](O)[C@@H]1O. The van der Waals surface area contributed by atoms with E-state index in [9.17, 15) is 29.0 Å². The number of hydrogen-bond donors (Lipinski definition) is 3. The number of aliphatic hydroxyl groups is 2. The zero-order valence-electron chi connectivity index (χ0n) is 14.3. The number of H-pyrrole nitrogens is 1. The van der Waals surface area contributed by atoms with E-state index in [0.29, 0.717) is 17.4 Å². The Morgan fingerprint density at radius 1 is 1.42 bits per heavy atom. The highest BCUT2D eigenvalue weighted by Gasteiger charge is 2.57. The summed E-state index contributed by atoms with van der Waals surface area (Å²) in [6, 6.07) is 0.964. The number of aromatic amines is 1. The number of aliphatic hydroxyl groups excluding tert-OH is 2. The highest BCUT2D eigenvalue weighted by atomic mass is 19.2. The van der Waals surface area contributed by atoms with E-state index in [2.05, 4.69) is 4.74 Å². The van der Waals surface area contributed by atoms with Crippen molar-refractivity contribution in [3.05, 3.63) is 33.1 Å². The number of hydrogen-bond acceptors (Lipinski definition) is 8. The van der Waals surface area contributed by atoms with Crippen molar-refractivity contribution in [1.29, 1.82) is 0 Å². The van der Waals surface area contributed by atoms with E-state index in [1.165, 1.54) is 0 Å². The molecule has 0 amide bonds. The predicted octanol–water partition coefficient (Wildman–Crippen LogP) is -0.205. The van der Waals surface area contributed by atoms with Crippen LogP contribution in [0.25, 0.3) is 0 Å². The van der Waals surface area contributed by atoms with E-state index < -0.39 is 54.4 Å². The van der Waals surface area contributed by atoms with Gasteiger partial charge in [-0.1, -0.05) is 13.8 Å². The zero-order valence-corrected chi connectivity index (χ0v) is 14.3. The smallest absolute Gasteiger partial charge is 0.431 e. The zero-order chi connectivity index (χ0) is 19.5. The molecule has 11 heteroatoms. The fraction of sp³-hybridized carbons (Fsp3) is 0.667. The number of nitrogens with zero attached hydrogens (tertiary/aromatic N) is 1. The molecule has 2 heterocycles. The van der Waals surface area contributed by atoms with Gasteiger partial charge in [-0.2, -0.15) is 0 Å². The fourth-order valence-electron chi connectivity index (χ4n) is 2.50. The predicted molar refractivity (Wildman–Crippen MR) is 84.1 cm³/mol. The fourth-order valence-corrected chi connectivity index (χ4v) is 2.50. The molecule has 26 heavy (non-hydrogen) atoms. The van der Waals surface area contributed by atoms with Crippen LogP contribution < -0.4 is 11.2 Å². The maximum Gasteiger partial charge on any atom is 0.508 e. The maximum absolute atomic E-state index is 14.8. The summed E-state index contributed by atoms with van der Waals surface area (Å²) >= 11 is 0. The number of ether oxygens (including phenoxy) is 3. The largest absolute Gasteiger partial charge is 0.508 e. The Kier molecular flexibility index (Phi) is 6.16. The summed E-state index contributed by atoms with van der Waals surface area (Å²) in [5.41, 5.74) is -1.66. The van der Waals surface area contributed by atoms with E-state index >= 15 is 0 Å². The lowest BCUT2D eigenvalue weighted by Gasteiger charge is -2.23. The van der Waals surface area contributed by atoms with Gasteiger partial charge in [-0.05, 0) is 12.8 Å². The minimum Gasteiger partial charge on any atom is -0.431 e. The summed E-state index contributed by atoms with van der Waals surface area (Å²) in [6.45, 7) is 2.54. The summed E-state index contributed by atoms with van der Waals surface area (Å²) in [5.74, 6) is -2.97. The molecule has 1 aromatic rings. The van der Waals surface area contributed by atoms with Gasteiger partial charge in [0.15, 0.2) is 12.8 Å². The highest BCUT2D eigenvalue weighted by molar-refractivity contribution is 5.60. The number of nitrogens with one attached hydrogen (secondary N) is 1. The van der Waals surface area contributed by atoms with E-state index in [0.717, 1.165) is 12.3 Å². The number of carbonyl (C=O) groups excluding carboxylic acids is 1. The number of carbonyl (C=O) groups is 1. The Bertz CT molecular complexity index is 746. The van der Waals surface area contributed by atoms with Crippen LogP contribution in [-0.2, 0) is 14.2 Å². The minimum absolute atomic E-state index is 0.398. The van der Waals surface area contributed by atoms with Gasteiger partial charge in [-0.25, -0.2) is 14.0 Å². The molecule has 0 aliphatic carbocycles. The van der Waals surface area contributed by atoms with E-state index in [1.54, 1.807) is 13.8 Å². The van der Waals surface area contributed by atoms with Gasteiger partial charge in [0.25, 0.3) is 11.4 Å². The molecule has 0 spiro atoms. The molecule has 2 rings (SSSR count). The average molecular weight is 376 g/mol. The molecule has 4 atom stereocenters. The molecular weight excluding hydrogens is 355 g/mol. The number of aromatic nitrogens is 2. The number of alkyl halides is 1. The van der Waals surface area contributed by atoms with Crippen LogP contribution in [0.2, 0.25) is 0 Å². The van der Waals surface area contributed by atoms with Crippen molar-refractivity contribution in [3.8, 4) is 0 Å². The second kappa shape index (κ2) is 7.98. The van der Waals surface area contributed by atoms with Gasteiger partial charge in [0.05, 0.1) is 0 Å². The van der Waals surface area contributed by atoms with E-state index in [-0.39, 0.29) is 0 Å². The van der Waals surface area contributed by atoms with Crippen LogP contribution in [0.15, 0.2) is 21.9 Å². The Morgan fingerprint density at radius 3 is 2.65 bits per heavy atom. The Balaban J connectivity index is 2.08. The second-order valence-corrected chi connectivity index (χ2v) is 5.84. The normalized spacial score (nSPS) is 28.3. The van der Waals surface area contributed by atoms with Crippen molar-refractivity contribution in [2.24, 2.45) is 0 Å². The molecule has 0 aromatic carbocycles. The summed E-state index contributed by atoms with van der Waals surface area (Å²) in [5, 5.41) is 19.9. The molecule has 1 aliphatic rings. The molecule has 0 saturated carbocycles. The first-order valence-electron chi connectivity index (χ1n) is 8.09. The molecule has 3 N–H and O–H groups in total. The maximum atomic E-state index is 14.8. The van der Waals surface area contributed by atoms with E-state index in [1.807, 2.05) is 4.98 Å². The molecule has 0 bridgehead atoms. The summed E-state index contributed by atoms with van der Waals surface area (Å²) in [6.07, 6.45) is -5.05. The Hall–Kier alpha value is -2.24. The standard InChI is InChI=1S/C15H21FN2O8/c1-3-8(4-2)25-14(23)24-7-15(16)11(21)10(20)12(26-15)18-6-5-9(19)17-13(18)22/h5-6,8,10-12,20-21H,3-4,7H2,1-2H3,(H,17,19,22)/t10-,11+,12-,15-/m1/s1. The van der Waals surface area contributed by atoms with E-state index in [4.69, 9.17) is 9.47 Å². The quantitative estimate of drug-likeness (QED) is 0.580. The van der Waals surface area contributed by atoms with Crippen molar-refractivity contribution in [2.75, 3.05) is 6.61 Å². The third-order valence-corrected chi connectivity index (χ3v) is 4.06. The molecule has 1 saturated heterocycles. The van der Waals surface area contributed by atoms with Gasteiger partial charge < -0.3 is 24.4 Å². The molecule has 1 aliphatic heterocycles. The van der Waals surface area contributed by atoms with Crippen LogP contribution in [0.4, 0.5) is 9.18 Å². The first-order chi connectivity index (χ1) is 12.2. The van der Waals surface area contributed by atoms with Crippen LogP contribution >= 0.6 is 0 Å². The Labute approximate surface area is 147 Å². The minimum atomic E-state index is -2.97. The third-order valence-electron chi connectivity index (χ3n) is 4.06. The summed E-state index contributed by atoms with van der Waals surface area (Å²) in [4.78, 5) is 36.3. The van der Waals surface area contributed by atoms with Gasteiger partial charge in [0.1, 0.15) is 18.3 Å². The van der Waals surface area contributed by atoms with Gasteiger partial charge in [0.2, 0.25) is 0 Å². The van der Waals surface area contributed by atoms with Crippen molar-refractivity contribution in [1.82, 2.24) is 9.55 Å². The first kappa shape index (κ1) is 20.1. The van der Waals surface area contributed by atoms with Crippen molar-refractivity contribution in [3.63, 3.8) is 0 Å². The number of halogens is 1. The van der Waals surface area contributed by atoms with Crippen molar-refractivity contribution >= 4 is 6.16 Å². The lowest BCUT2D eigenvalue weighted by Crippen LogP contribution is -2.43. The van der Waals surface area contributed by atoms with Crippen LogP contribution in [0.1, 0.15) is 32.9 Å². The third kappa shape index (κ3) is 4.11. The Morgan fingerprint density at radius 2 is 2.08 bits per heavy atom. The number of rotatable bonds is 6. The van der Waals surface area contributed by atoms with Crippen LogP contribution in [0.5, 0.6) is 0 Å².